The molecule has 0 saturated heterocycles. The van der Waals surface area contributed by atoms with Crippen molar-refractivity contribution in [3.63, 3.8) is 0 Å². The second-order valence-electron chi connectivity index (χ2n) is 16.3. The summed E-state index contributed by atoms with van der Waals surface area (Å²) in [5.74, 6) is 0. The molecule has 15 rings (SSSR count). The van der Waals surface area contributed by atoms with E-state index in [0.717, 1.165) is 22.4 Å². The summed E-state index contributed by atoms with van der Waals surface area (Å²) in [7, 11) is 0. The molecule has 6 heterocycles. The summed E-state index contributed by atoms with van der Waals surface area (Å²) in [6.07, 6.45) is 0. The number of rotatable bonds is 2. The minimum absolute atomic E-state index is 1.000. The lowest BCUT2D eigenvalue weighted by Crippen LogP contribution is -1.93. The number of pyridine rings is 1. The summed E-state index contributed by atoms with van der Waals surface area (Å²) in [6, 6.07) is 67.2. The van der Waals surface area contributed by atoms with Gasteiger partial charge in [-0.15, -0.1) is 0 Å². The van der Waals surface area contributed by atoms with Crippen molar-refractivity contribution in [2.75, 3.05) is 0 Å². The van der Waals surface area contributed by atoms with E-state index < -0.39 is 0 Å². The van der Waals surface area contributed by atoms with Crippen LogP contribution in [0.4, 0.5) is 0 Å². The first-order chi connectivity index (χ1) is 29.3. The van der Waals surface area contributed by atoms with Crippen LogP contribution in [0.2, 0.25) is 0 Å². The van der Waals surface area contributed by atoms with Crippen LogP contribution in [0.1, 0.15) is 0 Å². The molecular weight excluding hydrogens is 717 g/mol. The zero-order valence-corrected chi connectivity index (χ0v) is 31.6. The van der Waals surface area contributed by atoms with Gasteiger partial charge in [-0.2, -0.15) is 0 Å². The van der Waals surface area contributed by atoms with Crippen molar-refractivity contribution in [2.45, 2.75) is 0 Å². The predicted octanol–water partition coefficient (Wildman–Crippen LogP) is 14.5. The van der Waals surface area contributed by atoms with E-state index >= 15 is 0 Å². The van der Waals surface area contributed by atoms with Crippen molar-refractivity contribution in [2.24, 2.45) is 0 Å². The van der Waals surface area contributed by atoms with Crippen molar-refractivity contribution in [3.05, 3.63) is 182 Å². The quantitative estimate of drug-likeness (QED) is 0.173. The summed E-state index contributed by atoms with van der Waals surface area (Å²) >= 11 is 0. The lowest BCUT2D eigenvalue weighted by atomic mass is 9.97. The van der Waals surface area contributed by atoms with Gasteiger partial charge in [-0.05, 0) is 81.7 Å². The number of fused-ring (bicyclic) bond motifs is 19. The largest absolute Gasteiger partial charge is 0.309 e. The van der Waals surface area contributed by atoms with E-state index in [-0.39, 0.29) is 0 Å². The smallest absolute Gasteiger partial charge is 0.146 e. The first-order valence-electron chi connectivity index (χ1n) is 20.4. The standard InChI is InChI=1S/C55H30N4/c1-2-15-34(16-3-1)57-45-23-10-8-19-38(45)41-27-33(25-26-47(41)57)37-21-12-22-40-50-36-18-7-4-13-31(36)28-42-43-30-48-51(56-55(43)59(52(37)40)53(42)50)44-29-32-14-5-6-17-35(32)49-39-20-9-11-24-46(39)58(48)54(44)49/h1-30H. The van der Waals surface area contributed by atoms with Gasteiger partial charge >= 0.3 is 0 Å². The van der Waals surface area contributed by atoms with Gasteiger partial charge in [0.05, 0.1) is 44.1 Å². The van der Waals surface area contributed by atoms with Crippen LogP contribution >= 0.6 is 0 Å². The molecule has 0 aliphatic carbocycles. The minimum atomic E-state index is 1.000. The van der Waals surface area contributed by atoms with Crippen molar-refractivity contribution in [1.82, 2.24) is 18.4 Å². The van der Waals surface area contributed by atoms with Crippen LogP contribution in [-0.2, 0) is 0 Å². The minimum Gasteiger partial charge on any atom is -0.309 e. The second kappa shape index (κ2) is 10.5. The van der Waals surface area contributed by atoms with Crippen LogP contribution in [0.3, 0.4) is 0 Å². The topological polar surface area (TPSA) is 26.6 Å². The second-order valence-corrected chi connectivity index (χ2v) is 16.3. The number of aromatic nitrogens is 4. The molecule has 0 radical (unpaired) electrons. The van der Waals surface area contributed by atoms with Gasteiger partial charge in [-0.25, -0.2) is 4.98 Å². The number of hydrogen-bond donors (Lipinski definition) is 0. The molecular formula is C55H30N4. The Kier molecular flexibility index (Phi) is 5.38. The summed E-state index contributed by atoms with van der Waals surface area (Å²) in [5, 5.41) is 16.3. The fraction of sp³-hybridized carbons (Fsp3) is 0. The molecule has 270 valence electrons. The van der Waals surface area contributed by atoms with E-state index in [1.165, 1.54) is 114 Å². The van der Waals surface area contributed by atoms with Crippen LogP contribution in [0.15, 0.2) is 182 Å². The Hall–Kier alpha value is -7.95. The Morgan fingerprint density at radius 1 is 0.339 bits per heavy atom. The number of nitrogens with zero attached hydrogens (tertiary/aromatic N) is 4. The molecule has 0 saturated carbocycles. The zero-order valence-electron chi connectivity index (χ0n) is 31.6. The SMILES string of the molecule is c1ccc(-n2c3ccccc3c3cc(-c4cccc5c6c7ccccc7cc7c8cc9c(nc8n(c45)c76)c4cc5ccccc5c5c6ccccc6n9c45)ccc32)cc1. The Morgan fingerprint density at radius 2 is 0.966 bits per heavy atom. The highest BCUT2D eigenvalue weighted by atomic mass is 15.0. The van der Waals surface area contributed by atoms with Crippen LogP contribution in [-0.4, -0.2) is 18.4 Å². The molecule has 0 amide bonds. The van der Waals surface area contributed by atoms with E-state index in [2.05, 4.69) is 195 Å². The third-order valence-electron chi connectivity index (χ3n) is 13.4. The van der Waals surface area contributed by atoms with E-state index in [1.54, 1.807) is 0 Å². The molecule has 9 aromatic carbocycles. The highest BCUT2D eigenvalue weighted by Gasteiger charge is 2.26. The van der Waals surface area contributed by atoms with Gasteiger partial charge in [0.1, 0.15) is 5.65 Å². The number of hydrogen-bond acceptors (Lipinski definition) is 1. The third-order valence-corrected chi connectivity index (χ3v) is 13.4. The third kappa shape index (κ3) is 3.60. The normalized spacial score (nSPS) is 12.7. The van der Waals surface area contributed by atoms with Crippen molar-refractivity contribution >= 4 is 120 Å². The molecule has 59 heavy (non-hydrogen) atoms. The summed E-state index contributed by atoms with van der Waals surface area (Å²) in [5.41, 5.74) is 14.1. The number of para-hydroxylation sites is 4. The first-order valence-corrected chi connectivity index (χ1v) is 20.4. The van der Waals surface area contributed by atoms with Gasteiger partial charge < -0.3 is 8.97 Å². The van der Waals surface area contributed by atoms with Crippen LogP contribution in [0, 0.1) is 0 Å². The fourth-order valence-corrected chi connectivity index (χ4v) is 11.1. The van der Waals surface area contributed by atoms with Crippen LogP contribution in [0.25, 0.3) is 137 Å². The maximum Gasteiger partial charge on any atom is 0.146 e. The van der Waals surface area contributed by atoms with Crippen molar-refractivity contribution in [1.29, 1.82) is 0 Å². The van der Waals surface area contributed by atoms with Crippen molar-refractivity contribution in [3.8, 4) is 16.8 Å². The zero-order chi connectivity index (χ0) is 38.1. The van der Waals surface area contributed by atoms with Gasteiger partial charge in [-0.1, -0.05) is 127 Å². The predicted molar refractivity (Wildman–Crippen MR) is 248 cm³/mol. The lowest BCUT2D eigenvalue weighted by Gasteiger charge is -2.09. The average molecular weight is 747 g/mol. The average Bonchev–Trinajstić information content (AvgIpc) is 4.08. The Balaban J connectivity index is 1.12. The molecule has 15 aromatic rings. The molecule has 0 atom stereocenters. The van der Waals surface area contributed by atoms with E-state index in [9.17, 15) is 0 Å². The summed E-state index contributed by atoms with van der Waals surface area (Å²) in [4.78, 5) is 5.81. The summed E-state index contributed by atoms with van der Waals surface area (Å²) < 4.78 is 7.37. The number of benzene rings is 9. The van der Waals surface area contributed by atoms with Crippen LogP contribution in [0.5, 0.6) is 0 Å². The highest BCUT2D eigenvalue weighted by molar-refractivity contribution is 6.35. The van der Waals surface area contributed by atoms with Gasteiger partial charge in [0.15, 0.2) is 0 Å². The maximum absolute atomic E-state index is 5.81. The molecule has 0 fully saturated rings. The highest BCUT2D eigenvalue weighted by Crippen LogP contribution is 2.48. The van der Waals surface area contributed by atoms with Crippen LogP contribution < -0.4 is 0 Å². The van der Waals surface area contributed by atoms with E-state index in [4.69, 9.17) is 4.98 Å². The maximum atomic E-state index is 5.81. The van der Waals surface area contributed by atoms with E-state index in [1.807, 2.05) is 0 Å². The summed E-state index contributed by atoms with van der Waals surface area (Å²) in [6.45, 7) is 0. The Labute approximate surface area is 335 Å². The van der Waals surface area contributed by atoms with Gasteiger partial charge in [0.25, 0.3) is 0 Å². The first kappa shape index (κ1) is 30.2. The Bertz CT molecular complexity index is 4300. The monoisotopic (exact) mass is 746 g/mol. The molecule has 0 N–H and O–H groups in total. The lowest BCUT2D eigenvalue weighted by molar-refractivity contribution is 1.18. The molecule has 4 nitrogen and oxygen atoms in total. The fourth-order valence-electron chi connectivity index (χ4n) is 11.1. The Morgan fingerprint density at radius 3 is 1.78 bits per heavy atom. The molecule has 0 bridgehead atoms. The van der Waals surface area contributed by atoms with Gasteiger partial charge in [-0.3, -0.25) is 4.40 Å². The molecule has 4 heteroatoms. The molecule has 0 unspecified atom stereocenters. The van der Waals surface area contributed by atoms with Gasteiger partial charge in [0.2, 0.25) is 0 Å². The van der Waals surface area contributed by atoms with Crippen molar-refractivity contribution < 1.29 is 0 Å². The van der Waals surface area contributed by atoms with Gasteiger partial charge in [0, 0.05) is 59.7 Å². The molecule has 0 aliphatic heterocycles. The molecule has 6 aromatic heterocycles. The van der Waals surface area contributed by atoms with E-state index in [0.29, 0.717) is 0 Å². The molecule has 0 aliphatic rings. The molecule has 0 spiro atoms.